The van der Waals surface area contributed by atoms with Crippen LogP contribution in [0.15, 0.2) is 24.3 Å². The van der Waals surface area contributed by atoms with Gasteiger partial charge in [-0.2, -0.15) is 0 Å². The molecule has 4 nitrogen and oxygen atoms in total. The van der Waals surface area contributed by atoms with Crippen molar-refractivity contribution in [3.63, 3.8) is 0 Å². The number of benzene rings is 1. The highest BCUT2D eigenvalue weighted by molar-refractivity contribution is 5.81. The van der Waals surface area contributed by atoms with Crippen molar-refractivity contribution in [1.29, 1.82) is 0 Å². The lowest BCUT2D eigenvalue weighted by atomic mass is 9.87. The summed E-state index contributed by atoms with van der Waals surface area (Å²) < 4.78 is 5.94. The number of hydrogen-bond donors (Lipinski definition) is 1. The zero-order valence-electron chi connectivity index (χ0n) is 15.7. The lowest BCUT2D eigenvalue weighted by molar-refractivity contribution is -0.139. The fourth-order valence-corrected chi connectivity index (χ4v) is 3.19. The van der Waals surface area contributed by atoms with Gasteiger partial charge < -0.3 is 15.4 Å². The third kappa shape index (κ3) is 4.73. The predicted molar refractivity (Wildman–Crippen MR) is 98.2 cm³/mol. The lowest BCUT2D eigenvalue weighted by Crippen LogP contribution is -2.48. The van der Waals surface area contributed by atoms with Crippen molar-refractivity contribution < 1.29 is 9.53 Å². The molecule has 4 heteroatoms. The number of carbonyl (C=O) groups excluding carboxylic acids is 1. The molecule has 2 N–H and O–H groups in total. The molecule has 0 bridgehead atoms. The lowest BCUT2D eigenvalue weighted by Gasteiger charge is -2.36. The Labute approximate surface area is 146 Å². The van der Waals surface area contributed by atoms with Gasteiger partial charge in [0.1, 0.15) is 5.75 Å². The molecule has 2 rings (SSSR count). The van der Waals surface area contributed by atoms with E-state index < -0.39 is 6.10 Å². The van der Waals surface area contributed by atoms with Crippen LogP contribution in [0, 0.1) is 5.92 Å². The van der Waals surface area contributed by atoms with Crippen LogP contribution in [0.2, 0.25) is 0 Å². The minimum atomic E-state index is -0.480. The second kappa shape index (κ2) is 7.56. The molecule has 3 atom stereocenters. The molecule has 3 unspecified atom stereocenters. The predicted octanol–water partition coefficient (Wildman–Crippen LogP) is 3.34. The number of ether oxygens (including phenoxy) is 1. The normalized spacial score (nSPS) is 21.2. The van der Waals surface area contributed by atoms with Gasteiger partial charge in [-0.3, -0.25) is 4.79 Å². The quantitative estimate of drug-likeness (QED) is 0.920. The zero-order chi connectivity index (χ0) is 17.9. The van der Waals surface area contributed by atoms with Gasteiger partial charge in [-0.15, -0.1) is 0 Å². The second-order valence-corrected chi connectivity index (χ2v) is 8.08. The Balaban J connectivity index is 2.01. The van der Waals surface area contributed by atoms with Crippen LogP contribution in [0.3, 0.4) is 0 Å². The van der Waals surface area contributed by atoms with Crippen molar-refractivity contribution in [3.05, 3.63) is 29.8 Å². The SMILES string of the molecule is CC(Oc1cccc(C(C)(C)C)c1)C(=O)N1CCCC(C(C)N)C1. The van der Waals surface area contributed by atoms with Gasteiger partial charge in [0.2, 0.25) is 0 Å². The Hall–Kier alpha value is -1.55. The van der Waals surface area contributed by atoms with E-state index >= 15 is 0 Å². The van der Waals surface area contributed by atoms with Crippen LogP contribution in [0.4, 0.5) is 0 Å². The van der Waals surface area contributed by atoms with Crippen molar-refractivity contribution in [2.75, 3.05) is 13.1 Å². The van der Waals surface area contributed by atoms with Gasteiger partial charge in [-0.25, -0.2) is 0 Å². The van der Waals surface area contributed by atoms with E-state index in [1.54, 1.807) is 0 Å². The third-order valence-corrected chi connectivity index (χ3v) is 4.87. The van der Waals surface area contributed by atoms with Crippen LogP contribution in [0.25, 0.3) is 0 Å². The number of carbonyl (C=O) groups is 1. The van der Waals surface area contributed by atoms with Crippen LogP contribution in [-0.2, 0) is 10.2 Å². The Morgan fingerprint density at radius 2 is 2.04 bits per heavy atom. The van der Waals surface area contributed by atoms with Crippen LogP contribution < -0.4 is 10.5 Å². The zero-order valence-corrected chi connectivity index (χ0v) is 15.7. The van der Waals surface area contributed by atoms with Crippen molar-refractivity contribution >= 4 is 5.91 Å². The topological polar surface area (TPSA) is 55.6 Å². The van der Waals surface area contributed by atoms with E-state index in [-0.39, 0.29) is 17.4 Å². The molecule has 134 valence electrons. The van der Waals surface area contributed by atoms with E-state index in [0.29, 0.717) is 5.92 Å². The Kier molecular flexibility index (Phi) is 5.92. The molecule has 1 aliphatic rings. The van der Waals surface area contributed by atoms with E-state index in [2.05, 4.69) is 26.8 Å². The summed E-state index contributed by atoms with van der Waals surface area (Å²) >= 11 is 0. The Bertz CT molecular complexity index is 563. The molecule has 1 heterocycles. The molecule has 1 aliphatic heterocycles. The number of rotatable bonds is 4. The van der Waals surface area contributed by atoms with Crippen molar-refractivity contribution in [3.8, 4) is 5.75 Å². The van der Waals surface area contributed by atoms with Gasteiger partial charge in [0, 0.05) is 19.1 Å². The third-order valence-electron chi connectivity index (χ3n) is 4.87. The Morgan fingerprint density at radius 3 is 2.67 bits per heavy atom. The first kappa shape index (κ1) is 18.8. The standard InChI is InChI=1S/C20H32N2O2/c1-14(21)16-8-7-11-22(13-16)19(23)15(2)24-18-10-6-9-17(12-18)20(3,4)5/h6,9-10,12,14-16H,7-8,11,13,21H2,1-5H3. The molecule has 1 fully saturated rings. The van der Waals surface area contributed by atoms with Gasteiger partial charge >= 0.3 is 0 Å². The maximum atomic E-state index is 12.7. The molecule has 1 aromatic carbocycles. The molecule has 0 aliphatic carbocycles. The van der Waals surface area contributed by atoms with Crippen molar-refractivity contribution in [1.82, 2.24) is 4.90 Å². The molecule has 1 amide bonds. The smallest absolute Gasteiger partial charge is 0.263 e. The number of amides is 1. The first-order chi connectivity index (χ1) is 11.2. The van der Waals surface area contributed by atoms with Gasteiger partial charge in [0.15, 0.2) is 6.10 Å². The highest BCUT2D eigenvalue weighted by atomic mass is 16.5. The number of hydrogen-bond acceptors (Lipinski definition) is 3. The van der Waals surface area contributed by atoms with Crippen molar-refractivity contribution in [2.45, 2.75) is 65.0 Å². The first-order valence-electron chi connectivity index (χ1n) is 9.00. The van der Waals surface area contributed by atoms with E-state index in [1.165, 1.54) is 5.56 Å². The number of nitrogens with zero attached hydrogens (tertiary/aromatic N) is 1. The summed E-state index contributed by atoms with van der Waals surface area (Å²) in [5.74, 6) is 1.20. The summed E-state index contributed by atoms with van der Waals surface area (Å²) in [5.41, 5.74) is 7.28. The molecule has 0 saturated carbocycles. The second-order valence-electron chi connectivity index (χ2n) is 8.08. The fraction of sp³-hybridized carbons (Fsp3) is 0.650. The van der Waals surface area contributed by atoms with Gasteiger partial charge in [0.05, 0.1) is 0 Å². The molecule has 0 spiro atoms. The first-order valence-corrected chi connectivity index (χ1v) is 9.00. The van der Waals surface area contributed by atoms with E-state index in [0.717, 1.165) is 31.7 Å². The Morgan fingerprint density at radius 1 is 1.33 bits per heavy atom. The number of nitrogens with two attached hydrogens (primary N) is 1. The molecular weight excluding hydrogens is 300 g/mol. The molecule has 0 radical (unpaired) electrons. The van der Waals surface area contributed by atoms with Crippen LogP contribution in [0.1, 0.15) is 53.0 Å². The molecule has 1 aromatic rings. The largest absolute Gasteiger partial charge is 0.481 e. The minimum Gasteiger partial charge on any atom is -0.481 e. The van der Waals surface area contributed by atoms with Gasteiger partial charge in [-0.05, 0) is 55.7 Å². The fourth-order valence-electron chi connectivity index (χ4n) is 3.19. The van der Waals surface area contributed by atoms with E-state index in [9.17, 15) is 4.79 Å². The maximum Gasteiger partial charge on any atom is 0.263 e. The number of likely N-dealkylation sites (tertiary alicyclic amines) is 1. The van der Waals surface area contributed by atoms with Gasteiger partial charge in [0.25, 0.3) is 5.91 Å². The highest BCUT2D eigenvalue weighted by Crippen LogP contribution is 2.26. The summed E-state index contributed by atoms with van der Waals surface area (Å²) in [6.07, 6.45) is 1.64. The number of piperidine rings is 1. The minimum absolute atomic E-state index is 0.0570. The summed E-state index contributed by atoms with van der Waals surface area (Å²) in [6, 6.07) is 8.16. The monoisotopic (exact) mass is 332 g/mol. The van der Waals surface area contributed by atoms with Crippen LogP contribution >= 0.6 is 0 Å². The van der Waals surface area contributed by atoms with Crippen molar-refractivity contribution in [2.24, 2.45) is 11.7 Å². The average molecular weight is 332 g/mol. The highest BCUT2D eigenvalue weighted by Gasteiger charge is 2.29. The molecule has 1 saturated heterocycles. The van der Waals surface area contributed by atoms with Gasteiger partial charge in [-0.1, -0.05) is 32.9 Å². The average Bonchev–Trinajstić information content (AvgIpc) is 2.53. The molecular formula is C20H32N2O2. The van der Waals surface area contributed by atoms with Crippen LogP contribution in [-0.4, -0.2) is 36.0 Å². The summed E-state index contributed by atoms with van der Waals surface area (Å²) in [7, 11) is 0. The summed E-state index contributed by atoms with van der Waals surface area (Å²) in [6.45, 7) is 11.9. The summed E-state index contributed by atoms with van der Waals surface area (Å²) in [4.78, 5) is 14.6. The van der Waals surface area contributed by atoms with E-state index in [1.807, 2.05) is 36.9 Å². The van der Waals surface area contributed by atoms with Crippen LogP contribution in [0.5, 0.6) is 5.75 Å². The molecule has 0 aromatic heterocycles. The molecule has 24 heavy (non-hydrogen) atoms. The van der Waals surface area contributed by atoms with E-state index in [4.69, 9.17) is 10.5 Å². The summed E-state index contributed by atoms with van der Waals surface area (Å²) in [5, 5.41) is 0. The maximum absolute atomic E-state index is 12.7.